The Kier molecular flexibility index (Phi) is 5.42. The summed E-state index contributed by atoms with van der Waals surface area (Å²) in [5.74, 6) is 0.644. The van der Waals surface area contributed by atoms with Crippen LogP contribution in [0.2, 0.25) is 0 Å². The van der Waals surface area contributed by atoms with Crippen molar-refractivity contribution in [2.24, 2.45) is 5.73 Å². The van der Waals surface area contributed by atoms with Crippen LogP contribution in [0.5, 0.6) is 0 Å². The molecule has 100 valence electrons. The molecule has 5 heteroatoms. The highest BCUT2D eigenvalue weighted by Crippen LogP contribution is 2.19. The highest BCUT2D eigenvalue weighted by Gasteiger charge is 2.11. The van der Waals surface area contributed by atoms with Gasteiger partial charge in [-0.1, -0.05) is 24.3 Å². The van der Waals surface area contributed by atoms with Crippen molar-refractivity contribution in [3.8, 4) is 0 Å². The van der Waals surface area contributed by atoms with Crippen LogP contribution in [0.25, 0.3) is 0 Å². The van der Waals surface area contributed by atoms with Crippen molar-refractivity contribution in [1.82, 2.24) is 15.0 Å². The minimum atomic E-state index is 0.249. The van der Waals surface area contributed by atoms with Gasteiger partial charge in [0.1, 0.15) is 0 Å². The van der Waals surface area contributed by atoms with Gasteiger partial charge in [0.2, 0.25) is 0 Å². The van der Waals surface area contributed by atoms with Crippen LogP contribution in [-0.4, -0.2) is 22.1 Å². The molecule has 0 saturated carbocycles. The average Bonchev–Trinajstić information content (AvgIpc) is 2.83. The molecule has 0 saturated heterocycles. The zero-order valence-electron chi connectivity index (χ0n) is 11.5. The van der Waals surface area contributed by atoms with Crippen LogP contribution in [0.15, 0.2) is 30.3 Å². The molecule has 1 unspecified atom stereocenters. The molecule has 0 aliphatic rings. The van der Waals surface area contributed by atoms with Gasteiger partial charge in [0.15, 0.2) is 5.88 Å². The first-order valence-corrected chi connectivity index (χ1v) is 6.18. The van der Waals surface area contributed by atoms with Gasteiger partial charge in [-0.25, -0.2) is 4.68 Å². The van der Waals surface area contributed by atoms with Gasteiger partial charge in [-0.15, -0.1) is 5.10 Å². The summed E-state index contributed by atoms with van der Waals surface area (Å²) in [7, 11) is 1.55. The van der Waals surface area contributed by atoms with Gasteiger partial charge < -0.3 is 10.5 Å². The summed E-state index contributed by atoms with van der Waals surface area (Å²) in [6, 6.07) is 0.330. The summed E-state index contributed by atoms with van der Waals surface area (Å²) < 4.78 is 6.73. The Bertz CT molecular complexity index is 420. The van der Waals surface area contributed by atoms with Crippen molar-refractivity contribution >= 4 is 0 Å². The van der Waals surface area contributed by atoms with E-state index < -0.39 is 0 Å². The topological polar surface area (TPSA) is 66.0 Å². The molecule has 0 amide bonds. The number of nitrogens with zero attached hydrogens (tertiary/aromatic N) is 3. The van der Waals surface area contributed by atoms with Gasteiger partial charge in [-0.3, -0.25) is 0 Å². The number of aromatic nitrogens is 3. The van der Waals surface area contributed by atoms with Crippen LogP contribution in [0, 0.1) is 0 Å². The van der Waals surface area contributed by atoms with Crippen molar-refractivity contribution in [1.29, 1.82) is 0 Å². The monoisotopic (exact) mass is 250 g/mol. The molecule has 1 heterocycles. The lowest BCUT2D eigenvalue weighted by Gasteiger charge is -2.05. The molecule has 18 heavy (non-hydrogen) atoms. The molecule has 0 bridgehead atoms. The maximum atomic E-state index is 5.54. The normalized spacial score (nSPS) is 14.4. The third-order valence-electron chi connectivity index (χ3n) is 2.72. The second kappa shape index (κ2) is 6.83. The second-order valence-electron chi connectivity index (χ2n) is 4.39. The van der Waals surface area contributed by atoms with Crippen molar-refractivity contribution in [2.75, 3.05) is 7.11 Å². The van der Waals surface area contributed by atoms with Crippen LogP contribution >= 0.6 is 0 Å². The van der Waals surface area contributed by atoms with E-state index in [0.717, 1.165) is 12.1 Å². The molecule has 2 N–H and O–H groups in total. The summed E-state index contributed by atoms with van der Waals surface area (Å²) in [6.07, 6.45) is 8.64. The predicted octanol–water partition coefficient (Wildman–Crippen LogP) is 2.36. The zero-order chi connectivity index (χ0) is 13.5. The number of allylic oxidation sites excluding steroid dienone is 3. The van der Waals surface area contributed by atoms with Crippen LogP contribution in [0.4, 0.5) is 0 Å². The van der Waals surface area contributed by atoms with Crippen molar-refractivity contribution in [3.05, 3.63) is 36.0 Å². The van der Waals surface area contributed by atoms with Crippen molar-refractivity contribution in [3.63, 3.8) is 0 Å². The minimum absolute atomic E-state index is 0.249. The van der Waals surface area contributed by atoms with Gasteiger partial charge >= 0.3 is 0 Å². The fourth-order valence-electron chi connectivity index (χ4n) is 1.51. The van der Waals surface area contributed by atoms with Gasteiger partial charge in [0.25, 0.3) is 0 Å². The standard InChI is InChI=1S/C13H22N4O/c1-5-11(7-6-8-13(14)18-4)12-9-17(10(2)3)16-15-12/h6-11H,5,14H2,1-4H3/b7-6-,13-8+. The van der Waals surface area contributed by atoms with E-state index in [0.29, 0.717) is 11.9 Å². The van der Waals surface area contributed by atoms with Gasteiger partial charge in [-0.2, -0.15) is 0 Å². The second-order valence-corrected chi connectivity index (χ2v) is 4.39. The Hall–Kier alpha value is -1.78. The quantitative estimate of drug-likeness (QED) is 0.621. The Morgan fingerprint density at radius 3 is 2.78 bits per heavy atom. The van der Waals surface area contributed by atoms with Crippen molar-refractivity contribution in [2.45, 2.75) is 39.2 Å². The molecule has 1 rings (SSSR count). The van der Waals surface area contributed by atoms with Gasteiger partial charge in [0.05, 0.1) is 12.8 Å². The average molecular weight is 250 g/mol. The number of nitrogens with two attached hydrogens (primary N) is 1. The van der Waals surface area contributed by atoms with E-state index in [2.05, 4.69) is 37.2 Å². The highest BCUT2D eigenvalue weighted by molar-refractivity contribution is 5.15. The molecule has 0 spiro atoms. The van der Waals surface area contributed by atoms with E-state index in [1.54, 1.807) is 13.2 Å². The Balaban J connectivity index is 2.76. The summed E-state index contributed by atoms with van der Waals surface area (Å²) >= 11 is 0. The van der Waals surface area contributed by atoms with Crippen LogP contribution in [0.3, 0.4) is 0 Å². The first-order chi connectivity index (χ1) is 8.58. The number of hydrogen-bond acceptors (Lipinski definition) is 4. The minimum Gasteiger partial charge on any atom is -0.483 e. The lowest BCUT2D eigenvalue weighted by molar-refractivity contribution is 0.287. The molecule has 1 aromatic heterocycles. The third-order valence-corrected chi connectivity index (χ3v) is 2.72. The maximum absolute atomic E-state index is 5.54. The first-order valence-electron chi connectivity index (χ1n) is 6.18. The molecule has 1 atom stereocenters. The van der Waals surface area contributed by atoms with Crippen LogP contribution < -0.4 is 5.73 Å². The number of methoxy groups -OCH3 is 1. The molecule has 5 nitrogen and oxygen atoms in total. The smallest absolute Gasteiger partial charge is 0.183 e. The summed E-state index contributed by atoms with van der Waals surface area (Å²) in [4.78, 5) is 0. The molecule has 0 aromatic carbocycles. The van der Waals surface area contributed by atoms with Gasteiger partial charge in [-0.05, 0) is 26.3 Å². The van der Waals surface area contributed by atoms with Crippen molar-refractivity contribution < 1.29 is 4.74 Å². The molecule has 0 aliphatic heterocycles. The third kappa shape index (κ3) is 3.91. The van der Waals surface area contributed by atoms with Crippen LogP contribution in [-0.2, 0) is 4.74 Å². The maximum Gasteiger partial charge on any atom is 0.183 e. The van der Waals surface area contributed by atoms with E-state index in [9.17, 15) is 0 Å². The van der Waals surface area contributed by atoms with E-state index >= 15 is 0 Å². The Morgan fingerprint density at radius 1 is 1.56 bits per heavy atom. The largest absolute Gasteiger partial charge is 0.483 e. The molecule has 0 radical (unpaired) electrons. The summed E-state index contributed by atoms with van der Waals surface area (Å²) in [5, 5.41) is 8.32. The summed E-state index contributed by atoms with van der Waals surface area (Å²) in [6.45, 7) is 6.28. The molecule has 0 fully saturated rings. The number of hydrogen-bond donors (Lipinski definition) is 1. The number of rotatable bonds is 6. The Labute approximate surface area is 108 Å². The molecule has 1 aromatic rings. The molecule has 0 aliphatic carbocycles. The lowest BCUT2D eigenvalue weighted by Crippen LogP contribution is -2.00. The Morgan fingerprint density at radius 2 is 2.28 bits per heavy atom. The fraction of sp³-hybridized carbons (Fsp3) is 0.538. The van der Waals surface area contributed by atoms with E-state index in [4.69, 9.17) is 10.5 Å². The summed E-state index contributed by atoms with van der Waals surface area (Å²) in [5.41, 5.74) is 6.52. The van der Waals surface area contributed by atoms with E-state index in [1.165, 1.54) is 0 Å². The number of ether oxygens (including phenoxy) is 1. The zero-order valence-corrected chi connectivity index (χ0v) is 11.5. The first kappa shape index (κ1) is 14.3. The highest BCUT2D eigenvalue weighted by atomic mass is 16.5. The predicted molar refractivity (Wildman–Crippen MR) is 71.9 cm³/mol. The SMILES string of the molecule is CCC(/C=C\C=C(/N)OC)c1cn(C(C)C)nn1. The molecular weight excluding hydrogens is 228 g/mol. The fourth-order valence-corrected chi connectivity index (χ4v) is 1.51. The molecular formula is C13H22N4O. The lowest BCUT2D eigenvalue weighted by atomic mass is 10.0. The van der Waals surface area contributed by atoms with E-state index in [1.807, 2.05) is 17.0 Å². The van der Waals surface area contributed by atoms with E-state index in [-0.39, 0.29) is 5.92 Å². The van der Waals surface area contributed by atoms with Gasteiger partial charge in [0, 0.05) is 18.2 Å². The van der Waals surface area contributed by atoms with Crippen LogP contribution in [0.1, 0.15) is 44.8 Å².